The van der Waals surface area contributed by atoms with Gasteiger partial charge in [0.05, 0.1) is 25.5 Å². The molecule has 0 spiro atoms. The summed E-state index contributed by atoms with van der Waals surface area (Å²) in [6.07, 6.45) is -0.395. The van der Waals surface area contributed by atoms with Gasteiger partial charge in [-0.3, -0.25) is 4.79 Å². The van der Waals surface area contributed by atoms with E-state index in [4.69, 9.17) is 0 Å². The Morgan fingerprint density at radius 2 is 1.66 bits per heavy atom. The molecule has 1 aliphatic rings. The zero-order valence-corrected chi connectivity index (χ0v) is 16.8. The number of amides is 2. The topological polar surface area (TPSA) is 122 Å². The summed E-state index contributed by atoms with van der Waals surface area (Å²) in [4.78, 5) is 36.9. The van der Waals surface area contributed by atoms with Crippen molar-refractivity contribution in [3.63, 3.8) is 0 Å². The first-order chi connectivity index (χ1) is 13.7. The van der Waals surface area contributed by atoms with Crippen LogP contribution in [0.1, 0.15) is 6.42 Å². The van der Waals surface area contributed by atoms with E-state index in [-0.39, 0.29) is 31.1 Å². The van der Waals surface area contributed by atoms with E-state index in [0.29, 0.717) is 0 Å². The van der Waals surface area contributed by atoms with E-state index in [2.05, 4.69) is 14.8 Å². The number of ether oxygens (including phenoxy) is 2. The predicted molar refractivity (Wildman–Crippen MR) is 97.7 cm³/mol. The summed E-state index contributed by atoms with van der Waals surface area (Å²) < 4.78 is 48.5. The number of esters is 2. The van der Waals surface area contributed by atoms with Gasteiger partial charge in [-0.25, -0.2) is 22.4 Å². The molecule has 1 aromatic carbocycles. The van der Waals surface area contributed by atoms with Crippen LogP contribution in [0.3, 0.4) is 0 Å². The van der Waals surface area contributed by atoms with E-state index in [1.807, 2.05) is 0 Å². The Balaban J connectivity index is 1.98. The molecule has 1 aliphatic heterocycles. The van der Waals surface area contributed by atoms with Crippen molar-refractivity contribution in [3.05, 3.63) is 30.1 Å². The number of carbonyl (C=O) groups excluding carboxylic acids is 3. The van der Waals surface area contributed by atoms with Gasteiger partial charge in [-0.1, -0.05) is 0 Å². The zero-order chi connectivity index (χ0) is 21.6. The van der Waals surface area contributed by atoms with E-state index in [9.17, 15) is 27.2 Å². The van der Waals surface area contributed by atoms with Crippen molar-refractivity contribution >= 4 is 28.0 Å². The predicted octanol–water partition coefficient (Wildman–Crippen LogP) is -0.0537. The highest BCUT2D eigenvalue weighted by Gasteiger charge is 2.32. The summed E-state index contributed by atoms with van der Waals surface area (Å²) >= 11 is 0. The number of hydrogen-bond acceptors (Lipinski definition) is 7. The molecule has 0 bridgehead atoms. The van der Waals surface area contributed by atoms with Gasteiger partial charge in [0.15, 0.2) is 0 Å². The molecule has 1 aromatic rings. The van der Waals surface area contributed by atoms with Gasteiger partial charge in [0, 0.05) is 26.2 Å². The first kappa shape index (κ1) is 22.6. The molecule has 1 heterocycles. The molecule has 29 heavy (non-hydrogen) atoms. The van der Waals surface area contributed by atoms with Crippen molar-refractivity contribution in [2.75, 3.05) is 40.4 Å². The lowest BCUT2D eigenvalue weighted by molar-refractivity contribution is -0.149. The number of methoxy groups -OCH3 is 2. The van der Waals surface area contributed by atoms with E-state index in [1.165, 1.54) is 21.3 Å². The van der Waals surface area contributed by atoms with Crippen molar-refractivity contribution in [3.8, 4) is 0 Å². The molecule has 1 unspecified atom stereocenters. The second-order valence-corrected chi connectivity index (χ2v) is 8.09. The van der Waals surface area contributed by atoms with Crippen LogP contribution in [0.25, 0.3) is 0 Å². The molecule has 160 valence electrons. The maximum absolute atomic E-state index is 13.0. The van der Waals surface area contributed by atoms with Crippen LogP contribution in [0.2, 0.25) is 0 Å². The van der Waals surface area contributed by atoms with Gasteiger partial charge in [0.2, 0.25) is 10.0 Å². The van der Waals surface area contributed by atoms with Crippen molar-refractivity contribution in [2.24, 2.45) is 0 Å². The maximum Gasteiger partial charge on any atom is 0.329 e. The maximum atomic E-state index is 13.0. The minimum Gasteiger partial charge on any atom is -0.469 e. The molecule has 1 N–H and O–H groups in total. The average Bonchev–Trinajstić information content (AvgIpc) is 2.72. The van der Waals surface area contributed by atoms with Crippen LogP contribution < -0.4 is 5.32 Å². The smallest absolute Gasteiger partial charge is 0.329 e. The standard InChI is InChI=1S/C17H22FN3O7S/c1-27-15(22)11-14(16(23)28-2)19-17(24)20-7-9-21(10-8-20)29(25,26)13-5-3-12(18)4-6-13/h3-6,14H,7-11H2,1-2H3,(H,19,24). The number of nitrogens with one attached hydrogen (secondary N) is 1. The van der Waals surface area contributed by atoms with Crippen LogP contribution in [-0.2, 0) is 29.1 Å². The molecule has 2 amide bonds. The van der Waals surface area contributed by atoms with Gasteiger partial charge >= 0.3 is 18.0 Å². The Kier molecular flexibility index (Phi) is 7.51. The highest BCUT2D eigenvalue weighted by atomic mass is 32.2. The summed E-state index contributed by atoms with van der Waals surface area (Å²) in [5.41, 5.74) is 0. The SMILES string of the molecule is COC(=O)CC(NC(=O)N1CCN(S(=O)(=O)c2ccc(F)cc2)CC1)C(=O)OC. The summed E-state index contributed by atoms with van der Waals surface area (Å²) in [5, 5.41) is 2.40. The van der Waals surface area contributed by atoms with E-state index in [0.717, 1.165) is 26.4 Å². The lowest BCUT2D eigenvalue weighted by atomic mass is 10.2. The van der Waals surface area contributed by atoms with Crippen LogP contribution in [0.4, 0.5) is 9.18 Å². The van der Waals surface area contributed by atoms with Crippen LogP contribution in [0, 0.1) is 5.82 Å². The molecule has 2 rings (SSSR count). The quantitative estimate of drug-likeness (QED) is 0.627. The third-order valence-electron chi connectivity index (χ3n) is 4.36. The van der Waals surface area contributed by atoms with Crippen molar-refractivity contribution in [1.29, 1.82) is 0 Å². The number of halogens is 1. The molecule has 0 saturated carbocycles. The molecule has 1 saturated heterocycles. The summed E-state index contributed by atoms with van der Waals surface area (Å²) in [6, 6.07) is 2.62. The summed E-state index contributed by atoms with van der Waals surface area (Å²) in [5.74, 6) is -2.05. The third kappa shape index (κ3) is 5.64. The van der Waals surface area contributed by atoms with Crippen LogP contribution in [0.15, 0.2) is 29.2 Å². The number of sulfonamides is 1. The van der Waals surface area contributed by atoms with Gasteiger partial charge in [0.25, 0.3) is 0 Å². The molecule has 0 radical (unpaired) electrons. The minimum absolute atomic E-state index is 0.0209. The average molecular weight is 431 g/mol. The lowest BCUT2D eigenvalue weighted by Crippen LogP contribution is -2.55. The first-order valence-electron chi connectivity index (χ1n) is 8.65. The van der Waals surface area contributed by atoms with Crippen molar-refractivity contribution in [1.82, 2.24) is 14.5 Å². The Bertz CT molecular complexity index is 852. The number of benzene rings is 1. The van der Waals surface area contributed by atoms with Crippen LogP contribution in [-0.4, -0.2) is 82.0 Å². The van der Waals surface area contributed by atoms with Crippen LogP contribution >= 0.6 is 0 Å². The fourth-order valence-corrected chi connectivity index (χ4v) is 4.14. The van der Waals surface area contributed by atoms with Crippen molar-refractivity contribution < 1.29 is 36.7 Å². The van der Waals surface area contributed by atoms with Gasteiger partial charge in [-0.15, -0.1) is 0 Å². The molecule has 1 fully saturated rings. The molecule has 0 aromatic heterocycles. The fraction of sp³-hybridized carbons (Fsp3) is 0.471. The monoisotopic (exact) mass is 431 g/mol. The normalized spacial score (nSPS) is 16.0. The van der Waals surface area contributed by atoms with Gasteiger partial charge in [0.1, 0.15) is 11.9 Å². The Morgan fingerprint density at radius 1 is 1.07 bits per heavy atom. The number of carbonyl (C=O) groups is 3. The Labute approximate surface area is 167 Å². The van der Waals surface area contributed by atoms with E-state index in [1.54, 1.807) is 0 Å². The molecular weight excluding hydrogens is 409 g/mol. The zero-order valence-electron chi connectivity index (χ0n) is 16.0. The Hall–Kier alpha value is -2.73. The molecule has 10 nitrogen and oxygen atoms in total. The first-order valence-corrected chi connectivity index (χ1v) is 10.1. The molecule has 1 atom stereocenters. The van der Waals surface area contributed by atoms with E-state index >= 15 is 0 Å². The molecule has 12 heteroatoms. The van der Waals surface area contributed by atoms with Gasteiger partial charge in [-0.2, -0.15) is 4.31 Å². The summed E-state index contributed by atoms with van der Waals surface area (Å²) in [6.45, 7) is 0.177. The Morgan fingerprint density at radius 3 is 2.17 bits per heavy atom. The number of urea groups is 1. The van der Waals surface area contributed by atoms with Crippen molar-refractivity contribution in [2.45, 2.75) is 17.4 Å². The molecule has 0 aliphatic carbocycles. The lowest BCUT2D eigenvalue weighted by Gasteiger charge is -2.34. The molecular formula is C17H22FN3O7S. The largest absolute Gasteiger partial charge is 0.469 e. The van der Waals surface area contributed by atoms with Gasteiger partial charge < -0.3 is 19.7 Å². The summed E-state index contributed by atoms with van der Waals surface area (Å²) in [7, 11) is -1.54. The minimum atomic E-state index is -3.81. The fourth-order valence-electron chi connectivity index (χ4n) is 2.71. The number of rotatable bonds is 6. The van der Waals surface area contributed by atoms with E-state index < -0.39 is 46.3 Å². The highest BCUT2D eigenvalue weighted by molar-refractivity contribution is 7.89. The second-order valence-electron chi connectivity index (χ2n) is 6.15. The number of piperazine rings is 1. The highest BCUT2D eigenvalue weighted by Crippen LogP contribution is 2.18. The van der Waals surface area contributed by atoms with Crippen LogP contribution in [0.5, 0.6) is 0 Å². The number of hydrogen-bond donors (Lipinski definition) is 1. The number of nitrogens with zero attached hydrogens (tertiary/aromatic N) is 2. The third-order valence-corrected chi connectivity index (χ3v) is 6.27. The van der Waals surface area contributed by atoms with Gasteiger partial charge in [-0.05, 0) is 24.3 Å². The second kappa shape index (κ2) is 9.65.